The summed E-state index contributed by atoms with van der Waals surface area (Å²) in [5.41, 5.74) is 7.60. The number of carboxylic acid groups (broad SMARTS) is 1. The molecule has 2 rings (SSSR count). The number of aromatic nitrogens is 1. The summed E-state index contributed by atoms with van der Waals surface area (Å²) >= 11 is 1.24. The second kappa shape index (κ2) is 6.02. The molecule has 3 N–H and O–H groups in total. The topological polar surface area (TPSA) is 79.5 Å². The van der Waals surface area contributed by atoms with Crippen LogP contribution in [-0.2, 0) is 6.42 Å². The summed E-state index contributed by atoms with van der Waals surface area (Å²) in [7, 11) is 3.96. The van der Waals surface area contributed by atoms with Crippen molar-refractivity contribution in [2.75, 3.05) is 26.4 Å². The second-order valence-corrected chi connectivity index (χ2v) is 5.85. The van der Waals surface area contributed by atoms with Crippen LogP contribution in [0.2, 0.25) is 0 Å². The Morgan fingerprint density at radius 3 is 2.55 bits per heavy atom. The summed E-state index contributed by atoms with van der Waals surface area (Å²) in [6.07, 6.45) is 0.743. The van der Waals surface area contributed by atoms with Crippen LogP contribution in [0.3, 0.4) is 0 Å². The molecule has 1 aromatic heterocycles. The van der Waals surface area contributed by atoms with Gasteiger partial charge in [0.2, 0.25) is 0 Å². The fraction of sp³-hybridized carbons (Fsp3) is 0.286. The van der Waals surface area contributed by atoms with Gasteiger partial charge in [0, 0.05) is 24.2 Å². The third kappa shape index (κ3) is 3.34. The number of thiazole rings is 1. The molecule has 5 nitrogen and oxygen atoms in total. The summed E-state index contributed by atoms with van der Waals surface area (Å²) < 4.78 is 0. The van der Waals surface area contributed by atoms with E-state index in [0.29, 0.717) is 11.4 Å². The minimum absolute atomic E-state index is 0.281. The zero-order valence-electron chi connectivity index (χ0n) is 11.5. The Kier molecular flexibility index (Phi) is 4.36. The normalized spacial score (nSPS) is 10.9. The van der Waals surface area contributed by atoms with Gasteiger partial charge in [-0.05, 0) is 26.2 Å². The van der Waals surface area contributed by atoms with E-state index >= 15 is 0 Å². The number of nitrogen functional groups attached to an aromatic ring is 1. The van der Waals surface area contributed by atoms with E-state index < -0.39 is 5.97 Å². The third-order valence-corrected chi connectivity index (χ3v) is 3.93. The van der Waals surface area contributed by atoms with Gasteiger partial charge in [0.25, 0.3) is 0 Å². The van der Waals surface area contributed by atoms with Crippen LogP contribution in [0.25, 0.3) is 11.3 Å². The molecule has 0 fully saturated rings. The van der Waals surface area contributed by atoms with Gasteiger partial charge in [0.05, 0.1) is 10.7 Å². The molecule has 0 saturated heterocycles. The Labute approximate surface area is 121 Å². The number of hydrogen-bond donors (Lipinski definition) is 2. The molecule has 1 aromatic carbocycles. The van der Waals surface area contributed by atoms with Crippen molar-refractivity contribution in [3.05, 3.63) is 34.2 Å². The minimum Gasteiger partial charge on any atom is -0.477 e. The van der Waals surface area contributed by atoms with Crippen LogP contribution in [0.4, 0.5) is 5.69 Å². The zero-order valence-corrected chi connectivity index (χ0v) is 12.3. The highest BCUT2D eigenvalue weighted by Gasteiger charge is 2.18. The highest BCUT2D eigenvalue weighted by atomic mass is 32.1. The molecule has 0 spiro atoms. The maximum Gasteiger partial charge on any atom is 0.348 e. The molecule has 0 aliphatic rings. The molecule has 0 aliphatic heterocycles. The van der Waals surface area contributed by atoms with Crippen molar-refractivity contribution in [2.24, 2.45) is 0 Å². The lowest BCUT2D eigenvalue weighted by Crippen LogP contribution is -2.14. The van der Waals surface area contributed by atoms with Crippen LogP contribution in [0, 0.1) is 0 Å². The highest BCUT2D eigenvalue weighted by Crippen LogP contribution is 2.29. The molecule has 0 saturated carbocycles. The first-order chi connectivity index (χ1) is 9.47. The lowest BCUT2D eigenvalue weighted by atomic mass is 10.1. The molecular formula is C14H17N3O2S. The number of anilines is 1. The van der Waals surface area contributed by atoms with Gasteiger partial charge in [-0.15, -0.1) is 11.3 Å². The van der Waals surface area contributed by atoms with Crippen molar-refractivity contribution < 1.29 is 9.90 Å². The predicted molar refractivity (Wildman–Crippen MR) is 81.2 cm³/mol. The van der Waals surface area contributed by atoms with Crippen LogP contribution >= 0.6 is 11.3 Å². The van der Waals surface area contributed by atoms with E-state index in [9.17, 15) is 9.90 Å². The van der Waals surface area contributed by atoms with Gasteiger partial charge in [-0.3, -0.25) is 0 Å². The number of carboxylic acids is 1. The molecule has 0 radical (unpaired) electrons. The number of carbonyl (C=O) groups is 1. The summed E-state index contributed by atoms with van der Waals surface area (Å²) in [4.78, 5) is 18.1. The molecule has 20 heavy (non-hydrogen) atoms. The minimum atomic E-state index is -0.939. The number of rotatable bonds is 5. The van der Waals surface area contributed by atoms with Gasteiger partial charge in [-0.25, -0.2) is 9.78 Å². The number of hydrogen-bond acceptors (Lipinski definition) is 5. The first kappa shape index (κ1) is 14.5. The van der Waals surface area contributed by atoms with Crippen molar-refractivity contribution >= 4 is 23.0 Å². The van der Waals surface area contributed by atoms with E-state index in [1.54, 1.807) is 24.3 Å². The monoisotopic (exact) mass is 291 g/mol. The lowest BCUT2D eigenvalue weighted by molar-refractivity contribution is 0.0702. The summed E-state index contributed by atoms with van der Waals surface area (Å²) in [6.45, 7) is 0.841. The van der Waals surface area contributed by atoms with E-state index in [4.69, 9.17) is 5.73 Å². The molecule has 0 amide bonds. The van der Waals surface area contributed by atoms with Crippen molar-refractivity contribution in [3.8, 4) is 11.3 Å². The SMILES string of the molecule is CN(C)CCc1nc(-c2ccc(N)cc2)c(C(=O)O)s1. The lowest BCUT2D eigenvalue weighted by Gasteiger charge is -2.06. The smallest absolute Gasteiger partial charge is 0.348 e. The number of likely N-dealkylation sites (N-methyl/N-ethyl adjacent to an activating group) is 1. The van der Waals surface area contributed by atoms with Crippen molar-refractivity contribution in [1.29, 1.82) is 0 Å². The first-order valence-electron chi connectivity index (χ1n) is 6.21. The number of benzene rings is 1. The van der Waals surface area contributed by atoms with Crippen molar-refractivity contribution in [2.45, 2.75) is 6.42 Å². The first-order valence-corrected chi connectivity index (χ1v) is 7.02. The average Bonchev–Trinajstić information content (AvgIpc) is 2.81. The van der Waals surface area contributed by atoms with Gasteiger partial charge in [0.15, 0.2) is 0 Å². The molecule has 0 atom stereocenters. The standard InChI is InChI=1S/C14H17N3O2S/c1-17(2)8-7-11-16-12(13(20-11)14(18)19)9-3-5-10(15)6-4-9/h3-6H,7-8,15H2,1-2H3,(H,18,19). The maximum atomic E-state index is 11.3. The number of nitrogens with two attached hydrogens (primary N) is 1. The van der Waals surface area contributed by atoms with Crippen LogP contribution in [0.1, 0.15) is 14.7 Å². The molecule has 0 bridgehead atoms. The third-order valence-electron chi connectivity index (χ3n) is 2.82. The quantitative estimate of drug-likeness (QED) is 0.826. The molecule has 0 aliphatic carbocycles. The molecule has 0 unspecified atom stereocenters. The zero-order chi connectivity index (χ0) is 14.7. The van der Waals surface area contributed by atoms with Gasteiger partial charge in [-0.1, -0.05) is 12.1 Å². The molecule has 106 valence electrons. The Bertz CT molecular complexity index is 605. The molecule has 1 heterocycles. The number of aromatic carboxylic acids is 1. The van der Waals surface area contributed by atoms with Crippen LogP contribution in [0.5, 0.6) is 0 Å². The van der Waals surface area contributed by atoms with Crippen molar-refractivity contribution in [1.82, 2.24) is 9.88 Å². The summed E-state index contributed by atoms with van der Waals surface area (Å²) in [5.74, 6) is -0.939. The van der Waals surface area contributed by atoms with Gasteiger partial charge in [0.1, 0.15) is 4.88 Å². The Hall–Kier alpha value is -1.92. The summed E-state index contributed by atoms with van der Waals surface area (Å²) in [6, 6.07) is 7.10. The van der Waals surface area contributed by atoms with E-state index in [-0.39, 0.29) is 4.88 Å². The average molecular weight is 291 g/mol. The van der Waals surface area contributed by atoms with Crippen LogP contribution in [0.15, 0.2) is 24.3 Å². The molecular weight excluding hydrogens is 274 g/mol. The number of nitrogens with zero attached hydrogens (tertiary/aromatic N) is 2. The molecule has 2 aromatic rings. The van der Waals surface area contributed by atoms with E-state index in [2.05, 4.69) is 4.98 Å². The van der Waals surface area contributed by atoms with Crippen LogP contribution in [-0.4, -0.2) is 41.6 Å². The highest BCUT2D eigenvalue weighted by molar-refractivity contribution is 7.14. The van der Waals surface area contributed by atoms with E-state index in [1.807, 2.05) is 19.0 Å². The van der Waals surface area contributed by atoms with E-state index in [1.165, 1.54) is 11.3 Å². The Morgan fingerprint density at radius 2 is 2.00 bits per heavy atom. The summed E-state index contributed by atoms with van der Waals surface area (Å²) in [5, 5.41) is 10.1. The second-order valence-electron chi connectivity index (χ2n) is 4.77. The Morgan fingerprint density at radius 1 is 1.35 bits per heavy atom. The fourth-order valence-electron chi connectivity index (χ4n) is 1.77. The predicted octanol–water partition coefficient (Wildman–Crippen LogP) is 2.19. The van der Waals surface area contributed by atoms with Gasteiger partial charge < -0.3 is 15.7 Å². The van der Waals surface area contributed by atoms with Gasteiger partial charge >= 0.3 is 5.97 Å². The van der Waals surface area contributed by atoms with Crippen LogP contribution < -0.4 is 5.73 Å². The Balaban J connectivity index is 2.35. The molecule has 6 heteroatoms. The maximum absolute atomic E-state index is 11.3. The van der Waals surface area contributed by atoms with Crippen molar-refractivity contribution in [3.63, 3.8) is 0 Å². The fourth-order valence-corrected chi connectivity index (χ4v) is 2.69. The van der Waals surface area contributed by atoms with Gasteiger partial charge in [-0.2, -0.15) is 0 Å². The largest absolute Gasteiger partial charge is 0.477 e. The van der Waals surface area contributed by atoms with E-state index in [0.717, 1.165) is 23.5 Å².